The SMILES string of the molecule is O=S(=O)(c1ccc(Cl)c(Cl)c1)N1CCN(c2ccccc2C(F)(F)F)CC1. The maximum Gasteiger partial charge on any atom is 0.418 e. The Bertz CT molecular complexity index is 943. The van der Waals surface area contributed by atoms with Gasteiger partial charge in [-0.3, -0.25) is 0 Å². The molecule has 1 aliphatic heterocycles. The lowest BCUT2D eigenvalue weighted by Gasteiger charge is -2.36. The van der Waals surface area contributed by atoms with Gasteiger partial charge in [0.15, 0.2) is 0 Å². The Labute approximate surface area is 165 Å². The fraction of sp³-hybridized carbons (Fsp3) is 0.294. The molecule has 1 heterocycles. The van der Waals surface area contributed by atoms with E-state index in [1.165, 1.54) is 40.7 Å². The Balaban J connectivity index is 1.79. The van der Waals surface area contributed by atoms with E-state index < -0.39 is 21.8 Å². The first-order chi connectivity index (χ1) is 12.6. The van der Waals surface area contributed by atoms with Crippen molar-refractivity contribution in [3.63, 3.8) is 0 Å². The van der Waals surface area contributed by atoms with Crippen molar-refractivity contribution in [2.24, 2.45) is 0 Å². The summed E-state index contributed by atoms with van der Waals surface area (Å²) in [6.07, 6.45) is -4.47. The molecule has 1 saturated heterocycles. The van der Waals surface area contributed by atoms with Crippen molar-refractivity contribution in [1.29, 1.82) is 0 Å². The molecule has 0 radical (unpaired) electrons. The van der Waals surface area contributed by atoms with Crippen LogP contribution in [-0.2, 0) is 16.2 Å². The van der Waals surface area contributed by atoms with Crippen molar-refractivity contribution in [1.82, 2.24) is 4.31 Å². The molecule has 0 aromatic heterocycles. The van der Waals surface area contributed by atoms with Crippen LogP contribution in [-0.4, -0.2) is 38.9 Å². The molecule has 27 heavy (non-hydrogen) atoms. The monoisotopic (exact) mass is 438 g/mol. The molecule has 3 rings (SSSR count). The minimum Gasteiger partial charge on any atom is -0.368 e. The number of benzene rings is 2. The Morgan fingerprint density at radius 2 is 1.52 bits per heavy atom. The van der Waals surface area contributed by atoms with Gasteiger partial charge in [-0.2, -0.15) is 17.5 Å². The lowest BCUT2D eigenvalue weighted by molar-refractivity contribution is -0.137. The average Bonchev–Trinajstić information content (AvgIpc) is 2.63. The summed E-state index contributed by atoms with van der Waals surface area (Å²) >= 11 is 11.7. The first-order valence-electron chi connectivity index (χ1n) is 7.97. The van der Waals surface area contributed by atoms with Crippen LogP contribution in [0.15, 0.2) is 47.4 Å². The van der Waals surface area contributed by atoms with Crippen LogP contribution in [0.1, 0.15) is 5.56 Å². The highest BCUT2D eigenvalue weighted by Crippen LogP contribution is 2.37. The Kier molecular flexibility index (Phi) is 5.63. The average molecular weight is 439 g/mol. The highest BCUT2D eigenvalue weighted by atomic mass is 35.5. The quantitative estimate of drug-likeness (QED) is 0.706. The first kappa shape index (κ1) is 20.3. The number of alkyl halides is 3. The smallest absolute Gasteiger partial charge is 0.368 e. The predicted molar refractivity (Wildman–Crippen MR) is 98.9 cm³/mol. The Morgan fingerprint density at radius 1 is 0.889 bits per heavy atom. The molecule has 2 aromatic carbocycles. The molecule has 0 saturated carbocycles. The fourth-order valence-electron chi connectivity index (χ4n) is 2.94. The third-order valence-electron chi connectivity index (χ3n) is 4.32. The molecule has 0 aliphatic carbocycles. The molecular weight excluding hydrogens is 424 g/mol. The van der Waals surface area contributed by atoms with Crippen LogP contribution < -0.4 is 4.90 Å². The van der Waals surface area contributed by atoms with Crippen molar-refractivity contribution in [3.05, 3.63) is 58.1 Å². The molecule has 0 atom stereocenters. The van der Waals surface area contributed by atoms with Gasteiger partial charge in [-0.05, 0) is 30.3 Å². The molecule has 1 aliphatic rings. The minimum absolute atomic E-state index is 0.000965. The summed E-state index contributed by atoms with van der Waals surface area (Å²) in [4.78, 5) is 1.55. The van der Waals surface area contributed by atoms with E-state index >= 15 is 0 Å². The molecule has 1 fully saturated rings. The molecule has 0 bridgehead atoms. The van der Waals surface area contributed by atoms with Gasteiger partial charge in [0.1, 0.15) is 0 Å². The summed E-state index contributed by atoms with van der Waals surface area (Å²) in [5, 5.41) is 0.361. The second-order valence-corrected chi connectivity index (χ2v) is 8.73. The lowest BCUT2D eigenvalue weighted by Crippen LogP contribution is -2.49. The van der Waals surface area contributed by atoms with Crippen LogP contribution >= 0.6 is 23.2 Å². The number of anilines is 1. The van der Waals surface area contributed by atoms with Gasteiger partial charge < -0.3 is 4.90 Å². The lowest BCUT2D eigenvalue weighted by atomic mass is 10.1. The van der Waals surface area contributed by atoms with Crippen molar-refractivity contribution in [3.8, 4) is 0 Å². The van der Waals surface area contributed by atoms with Gasteiger partial charge in [-0.15, -0.1) is 0 Å². The highest BCUT2D eigenvalue weighted by molar-refractivity contribution is 7.89. The van der Waals surface area contributed by atoms with E-state index in [0.717, 1.165) is 6.07 Å². The number of sulfonamides is 1. The summed E-state index contributed by atoms with van der Waals surface area (Å²) in [5.41, 5.74) is -0.678. The standard InChI is InChI=1S/C17H15Cl2F3N2O2S/c18-14-6-5-12(11-15(14)19)27(25,26)24-9-7-23(8-10-24)16-4-2-1-3-13(16)17(20,21)22/h1-6,11H,7-10H2. The summed E-state index contributed by atoms with van der Waals surface area (Å²) in [6, 6.07) is 9.30. The van der Waals surface area contributed by atoms with Gasteiger partial charge in [0, 0.05) is 31.9 Å². The number of rotatable bonds is 3. The summed E-state index contributed by atoms with van der Waals surface area (Å²) in [6.45, 7) is 0.421. The molecular formula is C17H15Cl2F3N2O2S. The van der Waals surface area contributed by atoms with Gasteiger partial charge in [-0.1, -0.05) is 35.3 Å². The van der Waals surface area contributed by atoms with E-state index in [1.54, 1.807) is 4.90 Å². The third kappa shape index (κ3) is 4.18. The van der Waals surface area contributed by atoms with Crippen LogP contribution in [0.2, 0.25) is 10.0 Å². The Morgan fingerprint density at radius 3 is 2.11 bits per heavy atom. The van der Waals surface area contributed by atoms with E-state index in [0.29, 0.717) is 0 Å². The molecule has 4 nitrogen and oxygen atoms in total. The molecule has 10 heteroatoms. The van der Waals surface area contributed by atoms with Crippen LogP contribution in [0.25, 0.3) is 0 Å². The molecule has 0 amide bonds. The highest BCUT2D eigenvalue weighted by Gasteiger charge is 2.36. The molecule has 0 N–H and O–H groups in total. The predicted octanol–water partition coefficient (Wildman–Crippen LogP) is 4.52. The van der Waals surface area contributed by atoms with E-state index in [9.17, 15) is 21.6 Å². The first-order valence-corrected chi connectivity index (χ1v) is 10.2. The van der Waals surface area contributed by atoms with E-state index in [2.05, 4.69) is 0 Å². The maximum atomic E-state index is 13.2. The van der Waals surface area contributed by atoms with Gasteiger partial charge in [0.05, 0.1) is 20.5 Å². The van der Waals surface area contributed by atoms with Crippen molar-refractivity contribution in [2.75, 3.05) is 31.1 Å². The van der Waals surface area contributed by atoms with Crippen molar-refractivity contribution < 1.29 is 21.6 Å². The number of nitrogens with zero attached hydrogens (tertiary/aromatic N) is 2. The van der Waals surface area contributed by atoms with Crippen LogP contribution in [0.3, 0.4) is 0 Å². The maximum absolute atomic E-state index is 13.2. The van der Waals surface area contributed by atoms with Gasteiger partial charge in [-0.25, -0.2) is 8.42 Å². The largest absolute Gasteiger partial charge is 0.418 e. The number of hydrogen-bond donors (Lipinski definition) is 0. The molecule has 2 aromatic rings. The minimum atomic E-state index is -4.47. The van der Waals surface area contributed by atoms with Gasteiger partial charge in [0.2, 0.25) is 10.0 Å². The zero-order valence-corrected chi connectivity index (χ0v) is 16.2. The van der Waals surface area contributed by atoms with Crippen LogP contribution in [0, 0.1) is 0 Å². The number of hydrogen-bond acceptors (Lipinski definition) is 3. The summed E-state index contributed by atoms with van der Waals surface area (Å²) in [5.74, 6) is 0. The molecule has 0 unspecified atom stereocenters. The molecule has 0 spiro atoms. The summed E-state index contributed by atoms with van der Waals surface area (Å²) in [7, 11) is -3.80. The van der Waals surface area contributed by atoms with E-state index in [4.69, 9.17) is 23.2 Å². The third-order valence-corrected chi connectivity index (χ3v) is 6.95. The number of para-hydroxylation sites is 1. The second-order valence-electron chi connectivity index (χ2n) is 5.98. The van der Waals surface area contributed by atoms with Crippen LogP contribution in [0.4, 0.5) is 18.9 Å². The fourth-order valence-corrected chi connectivity index (χ4v) is 4.76. The number of piperazine rings is 1. The van der Waals surface area contributed by atoms with Crippen LogP contribution in [0.5, 0.6) is 0 Å². The second kappa shape index (κ2) is 7.50. The van der Waals surface area contributed by atoms with Crippen molar-refractivity contribution >= 4 is 38.9 Å². The zero-order chi connectivity index (χ0) is 19.8. The molecule has 146 valence electrons. The van der Waals surface area contributed by atoms with E-state index in [1.807, 2.05) is 0 Å². The van der Waals surface area contributed by atoms with Gasteiger partial charge >= 0.3 is 6.18 Å². The van der Waals surface area contributed by atoms with Crippen molar-refractivity contribution in [2.45, 2.75) is 11.1 Å². The zero-order valence-electron chi connectivity index (χ0n) is 13.9. The van der Waals surface area contributed by atoms with Gasteiger partial charge in [0.25, 0.3) is 0 Å². The topological polar surface area (TPSA) is 40.6 Å². The normalized spacial score (nSPS) is 16.6. The summed E-state index contributed by atoms with van der Waals surface area (Å²) < 4.78 is 66.3. The van der Waals surface area contributed by atoms with E-state index in [-0.39, 0.29) is 46.8 Å². The number of halogens is 5. The Hall–Kier alpha value is -1.48.